The molecule has 0 aliphatic rings. The van der Waals surface area contributed by atoms with E-state index in [1.807, 2.05) is 13.1 Å². The second-order valence-electron chi connectivity index (χ2n) is 5.37. The summed E-state index contributed by atoms with van der Waals surface area (Å²) in [6, 6.07) is 6.08. The predicted molar refractivity (Wildman–Crippen MR) is 85.7 cm³/mol. The maximum absolute atomic E-state index is 13.1. The van der Waals surface area contributed by atoms with E-state index in [0.717, 1.165) is 18.1 Å². The van der Waals surface area contributed by atoms with Gasteiger partial charge < -0.3 is 14.6 Å². The molecule has 6 heteroatoms. The van der Waals surface area contributed by atoms with Crippen molar-refractivity contribution < 1.29 is 13.9 Å². The van der Waals surface area contributed by atoms with Gasteiger partial charge in [0, 0.05) is 38.5 Å². The lowest BCUT2D eigenvalue weighted by molar-refractivity contribution is -0.120. The van der Waals surface area contributed by atoms with Crippen molar-refractivity contribution in [2.75, 3.05) is 20.3 Å². The number of amides is 1. The van der Waals surface area contributed by atoms with Crippen LogP contribution in [0.15, 0.2) is 30.5 Å². The van der Waals surface area contributed by atoms with Crippen LogP contribution in [0, 0.1) is 12.7 Å². The van der Waals surface area contributed by atoms with Gasteiger partial charge >= 0.3 is 0 Å². The minimum Gasteiger partial charge on any atom is -0.383 e. The number of hydrogen-bond donors (Lipinski definition) is 1. The van der Waals surface area contributed by atoms with Gasteiger partial charge in [0.15, 0.2) is 0 Å². The van der Waals surface area contributed by atoms with Gasteiger partial charge in [-0.05, 0) is 24.6 Å². The SMILES string of the molecule is COCCn1c(C)cnc1CCNC(=O)Cc1cccc(F)c1. The molecule has 0 aliphatic carbocycles. The summed E-state index contributed by atoms with van der Waals surface area (Å²) in [6.07, 6.45) is 2.64. The molecule has 1 aromatic heterocycles. The molecule has 0 bridgehead atoms. The van der Waals surface area contributed by atoms with Crippen LogP contribution in [-0.4, -0.2) is 35.7 Å². The smallest absolute Gasteiger partial charge is 0.224 e. The second-order valence-corrected chi connectivity index (χ2v) is 5.37. The lowest BCUT2D eigenvalue weighted by Crippen LogP contribution is -2.28. The highest BCUT2D eigenvalue weighted by Crippen LogP contribution is 2.06. The minimum atomic E-state index is -0.328. The largest absolute Gasteiger partial charge is 0.383 e. The molecule has 0 spiro atoms. The topological polar surface area (TPSA) is 56.1 Å². The lowest BCUT2D eigenvalue weighted by atomic mass is 10.1. The van der Waals surface area contributed by atoms with E-state index in [-0.39, 0.29) is 18.1 Å². The van der Waals surface area contributed by atoms with Crippen molar-refractivity contribution in [3.05, 3.63) is 53.4 Å². The maximum Gasteiger partial charge on any atom is 0.224 e. The first-order valence-corrected chi connectivity index (χ1v) is 7.61. The third kappa shape index (κ3) is 5.17. The number of ether oxygens (including phenoxy) is 1. The van der Waals surface area contributed by atoms with Crippen LogP contribution in [0.5, 0.6) is 0 Å². The first kappa shape index (κ1) is 17.1. The van der Waals surface area contributed by atoms with E-state index < -0.39 is 0 Å². The third-order valence-electron chi connectivity index (χ3n) is 3.58. The fourth-order valence-corrected chi connectivity index (χ4v) is 2.41. The van der Waals surface area contributed by atoms with Crippen molar-refractivity contribution in [3.63, 3.8) is 0 Å². The Hall–Kier alpha value is -2.21. The normalized spacial score (nSPS) is 10.7. The van der Waals surface area contributed by atoms with Gasteiger partial charge in [-0.2, -0.15) is 0 Å². The van der Waals surface area contributed by atoms with Gasteiger partial charge in [0.1, 0.15) is 11.6 Å². The number of halogens is 1. The molecule has 2 rings (SSSR count). The van der Waals surface area contributed by atoms with Crippen LogP contribution in [0.2, 0.25) is 0 Å². The summed E-state index contributed by atoms with van der Waals surface area (Å²) >= 11 is 0. The molecule has 1 N–H and O–H groups in total. The van der Waals surface area contributed by atoms with Crippen molar-refractivity contribution in [2.45, 2.75) is 26.3 Å². The van der Waals surface area contributed by atoms with E-state index in [1.165, 1.54) is 12.1 Å². The molecule has 1 amide bonds. The Labute approximate surface area is 135 Å². The van der Waals surface area contributed by atoms with E-state index >= 15 is 0 Å². The Morgan fingerprint density at radius 1 is 1.43 bits per heavy atom. The molecule has 23 heavy (non-hydrogen) atoms. The summed E-state index contributed by atoms with van der Waals surface area (Å²) in [6.45, 7) is 3.86. The maximum atomic E-state index is 13.1. The molecular formula is C17H22FN3O2. The van der Waals surface area contributed by atoms with Gasteiger partial charge in [0.25, 0.3) is 0 Å². The van der Waals surface area contributed by atoms with Crippen molar-refractivity contribution in [1.29, 1.82) is 0 Å². The number of nitrogens with one attached hydrogen (secondary N) is 1. The van der Waals surface area contributed by atoms with Crippen LogP contribution < -0.4 is 5.32 Å². The monoisotopic (exact) mass is 319 g/mol. The fourth-order valence-electron chi connectivity index (χ4n) is 2.41. The van der Waals surface area contributed by atoms with Crippen LogP contribution in [0.3, 0.4) is 0 Å². The molecule has 0 saturated heterocycles. The molecule has 0 unspecified atom stereocenters. The number of methoxy groups -OCH3 is 1. The standard InChI is InChI=1S/C17H22FN3O2/c1-13-12-20-16(21(13)8-9-23-2)6-7-19-17(22)11-14-4-3-5-15(18)10-14/h3-5,10,12H,6-9,11H2,1-2H3,(H,19,22). The summed E-state index contributed by atoms with van der Waals surface area (Å²) in [5, 5.41) is 2.85. The number of hydrogen-bond acceptors (Lipinski definition) is 3. The van der Waals surface area contributed by atoms with E-state index in [0.29, 0.717) is 25.1 Å². The van der Waals surface area contributed by atoms with Gasteiger partial charge in [-0.3, -0.25) is 4.79 Å². The van der Waals surface area contributed by atoms with Crippen molar-refractivity contribution in [2.24, 2.45) is 0 Å². The minimum absolute atomic E-state index is 0.123. The number of rotatable bonds is 8. The van der Waals surface area contributed by atoms with Crippen molar-refractivity contribution in [1.82, 2.24) is 14.9 Å². The van der Waals surface area contributed by atoms with Crippen LogP contribution in [0.1, 0.15) is 17.1 Å². The highest BCUT2D eigenvalue weighted by atomic mass is 19.1. The van der Waals surface area contributed by atoms with Gasteiger partial charge in [-0.1, -0.05) is 12.1 Å². The summed E-state index contributed by atoms with van der Waals surface area (Å²) < 4.78 is 20.3. The molecule has 0 atom stereocenters. The Morgan fingerprint density at radius 3 is 3.00 bits per heavy atom. The van der Waals surface area contributed by atoms with Crippen LogP contribution >= 0.6 is 0 Å². The van der Waals surface area contributed by atoms with Gasteiger partial charge in [0.05, 0.1) is 13.0 Å². The summed E-state index contributed by atoms with van der Waals surface area (Å²) in [5.41, 5.74) is 1.74. The zero-order valence-corrected chi connectivity index (χ0v) is 13.5. The number of carbonyl (C=O) groups excluding carboxylic acids is 1. The molecule has 0 saturated carbocycles. The van der Waals surface area contributed by atoms with Crippen LogP contribution in [0.25, 0.3) is 0 Å². The Morgan fingerprint density at radius 2 is 2.26 bits per heavy atom. The van der Waals surface area contributed by atoms with E-state index in [1.54, 1.807) is 19.2 Å². The molecule has 0 fully saturated rings. The Kier molecular flexibility index (Phi) is 6.29. The molecule has 124 valence electrons. The molecule has 0 aliphatic heterocycles. The summed E-state index contributed by atoms with van der Waals surface area (Å²) in [7, 11) is 1.67. The number of imidazole rings is 1. The number of benzene rings is 1. The molecule has 0 radical (unpaired) electrons. The average molecular weight is 319 g/mol. The van der Waals surface area contributed by atoms with E-state index in [2.05, 4.69) is 14.9 Å². The number of aromatic nitrogens is 2. The van der Waals surface area contributed by atoms with Gasteiger partial charge in [0.2, 0.25) is 5.91 Å². The summed E-state index contributed by atoms with van der Waals surface area (Å²) in [5.74, 6) is 0.471. The van der Waals surface area contributed by atoms with E-state index in [9.17, 15) is 9.18 Å². The first-order chi connectivity index (χ1) is 11.1. The zero-order chi connectivity index (χ0) is 16.7. The van der Waals surface area contributed by atoms with Crippen molar-refractivity contribution >= 4 is 5.91 Å². The quantitative estimate of drug-likeness (QED) is 0.808. The van der Waals surface area contributed by atoms with Gasteiger partial charge in [-0.25, -0.2) is 9.37 Å². The Bertz CT molecular complexity index is 655. The van der Waals surface area contributed by atoms with Crippen molar-refractivity contribution in [3.8, 4) is 0 Å². The lowest BCUT2D eigenvalue weighted by Gasteiger charge is -2.10. The first-order valence-electron chi connectivity index (χ1n) is 7.61. The number of aryl methyl sites for hydroxylation is 1. The van der Waals surface area contributed by atoms with Gasteiger partial charge in [-0.15, -0.1) is 0 Å². The predicted octanol–water partition coefficient (Wildman–Crippen LogP) is 1.88. The second kappa shape index (κ2) is 8.43. The average Bonchev–Trinajstić information content (AvgIpc) is 2.85. The molecule has 1 heterocycles. The molecular weight excluding hydrogens is 297 g/mol. The highest BCUT2D eigenvalue weighted by molar-refractivity contribution is 5.78. The Balaban J connectivity index is 1.81. The number of nitrogens with zero attached hydrogens (tertiary/aromatic N) is 2. The van der Waals surface area contributed by atoms with Crippen LogP contribution in [0.4, 0.5) is 4.39 Å². The fraction of sp³-hybridized carbons (Fsp3) is 0.412. The third-order valence-corrected chi connectivity index (χ3v) is 3.58. The van der Waals surface area contributed by atoms with Crippen LogP contribution in [-0.2, 0) is 28.9 Å². The summed E-state index contributed by atoms with van der Waals surface area (Å²) in [4.78, 5) is 16.3. The molecule has 2 aromatic rings. The molecule has 1 aromatic carbocycles. The number of carbonyl (C=O) groups is 1. The molecule has 5 nitrogen and oxygen atoms in total. The zero-order valence-electron chi connectivity index (χ0n) is 13.5. The van der Waals surface area contributed by atoms with E-state index in [4.69, 9.17) is 4.74 Å². The highest BCUT2D eigenvalue weighted by Gasteiger charge is 2.08.